The zero-order chi connectivity index (χ0) is 48.5. The van der Waals surface area contributed by atoms with Crippen molar-refractivity contribution in [2.75, 3.05) is 59.5 Å². The number of hydrogen-bond acceptors (Lipinski definition) is 21. The fourth-order valence-corrected chi connectivity index (χ4v) is 22.3. The van der Waals surface area contributed by atoms with Crippen molar-refractivity contribution in [1.82, 2.24) is 0 Å². The van der Waals surface area contributed by atoms with Crippen LogP contribution in [0.5, 0.6) is 0 Å². The van der Waals surface area contributed by atoms with Crippen LogP contribution in [0.25, 0.3) is 0 Å². The van der Waals surface area contributed by atoms with Crippen LogP contribution in [0.4, 0.5) is 0 Å². The molecule has 1 rings (SSSR count). The minimum atomic E-state index is -3.01. The van der Waals surface area contributed by atoms with E-state index in [4.69, 9.17) is 191 Å². The van der Waals surface area contributed by atoms with Crippen LogP contribution >= 0.6 is 152 Å². The minimum absolute atomic E-state index is 0.440. The maximum Gasteiger partial charge on any atom is 0.500 e. The highest BCUT2D eigenvalue weighted by Crippen LogP contribution is 2.75. The molecule has 1 atom stereocenters. The molecule has 9 nitrogen and oxygen atoms in total. The molecule has 1 unspecified atom stereocenters. The van der Waals surface area contributed by atoms with Crippen LogP contribution < -0.4 is 0 Å². The Morgan fingerprint density at radius 1 is 0.397 bits per heavy atom. The van der Waals surface area contributed by atoms with Crippen LogP contribution in [0.15, 0.2) is 0 Å². The third kappa shape index (κ3) is 16.5. The lowest BCUT2D eigenvalue weighted by Crippen LogP contribution is -2.71. The molecule has 1 fully saturated rings. The molecule has 0 aromatic carbocycles. The van der Waals surface area contributed by atoms with Gasteiger partial charge in [0, 0.05) is 83.0 Å². The fourth-order valence-electron chi connectivity index (χ4n) is 8.98. The molecule has 0 aliphatic heterocycles. The molecule has 1 saturated carbocycles. The van der Waals surface area contributed by atoms with Crippen LogP contribution in [0, 0.1) is 11.3 Å². The van der Waals surface area contributed by atoms with E-state index in [2.05, 4.69) is 0 Å². The van der Waals surface area contributed by atoms with E-state index in [9.17, 15) is 0 Å². The van der Waals surface area contributed by atoms with Gasteiger partial charge in [-0.15, -0.1) is 0 Å². The zero-order valence-corrected chi connectivity index (χ0v) is 52.9. The number of thiol groups is 12. The van der Waals surface area contributed by atoms with E-state index in [1.807, 2.05) is 62.3 Å². The van der Waals surface area contributed by atoms with Gasteiger partial charge in [0.25, 0.3) is 0 Å². The summed E-state index contributed by atoms with van der Waals surface area (Å²) in [5, 5.41) is 0. The Morgan fingerprint density at radius 2 is 0.651 bits per heavy atom. The largest absolute Gasteiger partial charge is 0.500 e. The van der Waals surface area contributed by atoms with E-state index in [0.29, 0.717) is 129 Å². The first-order chi connectivity index (χ1) is 29.3. The maximum absolute atomic E-state index is 6.23. The summed E-state index contributed by atoms with van der Waals surface area (Å²) >= 11 is 65.8. The van der Waals surface area contributed by atoms with Gasteiger partial charge >= 0.3 is 26.4 Å². The van der Waals surface area contributed by atoms with E-state index in [1.165, 1.54) is 0 Å². The predicted octanol–water partition coefficient (Wildman–Crippen LogP) is 12.0. The van der Waals surface area contributed by atoms with Crippen molar-refractivity contribution in [1.29, 1.82) is 0 Å². The lowest BCUT2D eigenvalue weighted by atomic mass is 9.57. The molecule has 0 radical (unpaired) electrons. The molecule has 1 aliphatic carbocycles. The highest BCUT2D eigenvalue weighted by atomic mass is 32.2. The Bertz CT molecular complexity index is 1190. The molecule has 0 saturated heterocycles. The van der Waals surface area contributed by atoms with Gasteiger partial charge in [-0.3, -0.25) is 0 Å². The van der Waals surface area contributed by atoms with Crippen molar-refractivity contribution < 1.29 is 39.8 Å². The van der Waals surface area contributed by atoms with Crippen LogP contribution in [-0.2, 0) is 39.8 Å². The molecule has 0 heterocycles. The molecule has 0 N–H and O–H groups in total. The van der Waals surface area contributed by atoms with Crippen LogP contribution in [0.2, 0.25) is 18.1 Å². The molecule has 1 aliphatic rings. The average molecular weight is 1170 g/mol. The second-order valence-corrected chi connectivity index (χ2v) is 34.8. The van der Waals surface area contributed by atoms with Crippen molar-refractivity contribution >= 4 is 178 Å². The van der Waals surface area contributed by atoms with Gasteiger partial charge in [0.05, 0.1) is 24.5 Å². The Balaban J connectivity index is 4.03. The zero-order valence-electron chi connectivity index (χ0n) is 39.2. The van der Waals surface area contributed by atoms with E-state index >= 15 is 0 Å². The third-order valence-corrected chi connectivity index (χ3v) is 31.1. The smallest absolute Gasteiger partial charge is 0.374 e. The van der Waals surface area contributed by atoms with Crippen molar-refractivity contribution in [2.24, 2.45) is 11.3 Å². The summed E-state index contributed by atoms with van der Waals surface area (Å²) < 4.78 is 48.6. The van der Waals surface area contributed by atoms with E-state index < -0.39 is 62.2 Å². The SMILES string of the molecule is CCO[Si](CCCC(S)(S)C(S)(S)C1CCCCC1(C(S)(S)C(S)(S)CCC[Si](OCC)(OCC)OCC)C(S)(S)C(S)(S)CCC[Si](OCC)(OCC)OCC)(OCC)OCC. The van der Waals surface area contributed by atoms with Gasteiger partial charge in [0.1, 0.15) is 0 Å². The standard InChI is InChI=1S/C39H84O9S12Si3/c1-10-40-61(41-11-2,42-12-3)29-21-26-34(49,50)37(55,56)32-24-19-20-25-33(32,38(57,58)35(51,52)27-22-30-62(43-13-4,44-14-5)45-15-6)39(59,60)36(53,54)28-23-31-63(46-16-7,47-17-8)48-18-9/h32,49-60H,10-31H2,1-9H3. The maximum atomic E-state index is 6.23. The molecule has 24 heteroatoms. The fraction of sp³-hybridized carbons (Fsp3) is 1.00. The molecule has 0 amide bonds. The second-order valence-electron chi connectivity index (χ2n) is 15.8. The molecule has 0 aromatic rings. The van der Waals surface area contributed by atoms with E-state index in [1.54, 1.807) is 0 Å². The van der Waals surface area contributed by atoms with Gasteiger partial charge in [0.2, 0.25) is 0 Å². The Morgan fingerprint density at radius 3 is 0.905 bits per heavy atom. The van der Waals surface area contributed by atoms with Crippen LogP contribution in [0.3, 0.4) is 0 Å². The third-order valence-electron chi connectivity index (χ3n) is 11.6. The Labute approximate surface area is 453 Å². The monoisotopic (exact) mass is 1160 g/mol. The van der Waals surface area contributed by atoms with Gasteiger partial charge in [-0.05, 0) is 120 Å². The van der Waals surface area contributed by atoms with Gasteiger partial charge < -0.3 is 39.8 Å². The molecule has 378 valence electrons. The quantitative estimate of drug-likeness (QED) is 0.0171. The highest BCUT2D eigenvalue weighted by molar-refractivity contribution is 8.10. The highest BCUT2D eigenvalue weighted by Gasteiger charge is 2.74. The summed E-state index contributed by atoms with van der Waals surface area (Å²) in [6, 6.07) is 1.68. The van der Waals surface area contributed by atoms with Gasteiger partial charge in [-0.2, -0.15) is 152 Å². The summed E-state index contributed by atoms with van der Waals surface area (Å²) in [5.41, 5.74) is -1.12. The van der Waals surface area contributed by atoms with E-state index in [-0.39, 0.29) is 0 Å². The summed E-state index contributed by atoms with van der Waals surface area (Å²) in [7, 11) is -8.99. The van der Waals surface area contributed by atoms with E-state index in [0.717, 1.165) is 12.8 Å². The molecule has 0 bridgehead atoms. The Kier molecular flexibility index (Phi) is 30.6. The topological polar surface area (TPSA) is 83.1 Å². The summed E-state index contributed by atoms with van der Waals surface area (Å²) in [4.78, 5) is 0. The van der Waals surface area contributed by atoms with Crippen LogP contribution in [-0.4, -0.2) is 110 Å². The summed E-state index contributed by atoms with van der Waals surface area (Å²) in [6.07, 6.45) is 6.05. The van der Waals surface area contributed by atoms with Crippen molar-refractivity contribution in [3.8, 4) is 0 Å². The summed E-state index contributed by atoms with van der Waals surface area (Å²) in [5.74, 6) is -0.456. The second kappa shape index (κ2) is 29.4. The molecular formula is C39H84O9S12Si3. The van der Waals surface area contributed by atoms with Gasteiger partial charge in [0.15, 0.2) is 0 Å². The number of rotatable bonds is 36. The Hall–Kier alpha value is 4.49. The molecule has 63 heavy (non-hydrogen) atoms. The first-order valence-corrected chi connectivity index (χ1v) is 33.9. The summed E-state index contributed by atoms with van der Waals surface area (Å²) in [6.45, 7) is 21.8. The minimum Gasteiger partial charge on any atom is -0.374 e. The van der Waals surface area contributed by atoms with Crippen molar-refractivity contribution in [3.05, 3.63) is 0 Å². The van der Waals surface area contributed by atoms with Gasteiger partial charge in [-0.25, -0.2) is 0 Å². The first kappa shape index (κ1) is 65.5. The predicted molar refractivity (Wildman–Crippen MR) is 313 cm³/mol. The molecule has 0 aromatic heterocycles. The lowest BCUT2D eigenvalue weighted by molar-refractivity contribution is 0.0455. The molecule has 0 spiro atoms. The number of hydrogen-bond donors (Lipinski definition) is 12. The normalized spacial score (nSPS) is 17.8. The van der Waals surface area contributed by atoms with Gasteiger partial charge in [-0.1, -0.05) is 12.8 Å². The average Bonchev–Trinajstić information content (AvgIpc) is 3.18. The lowest BCUT2D eigenvalue weighted by Gasteiger charge is -2.68. The van der Waals surface area contributed by atoms with Crippen LogP contribution in [0.1, 0.15) is 127 Å². The van der Waals surface area contributed by atoms with Crippen molar-refractivity contribution in [3.63, 3.8) is 0 Å². The molecular weight excluding hydrogens is 1080 g/mol. The first-order valence-electron chi connectivity index (χ1n) is 22.7. The van der Waals surface area contributed by atoms with Crippen molar-refractivity contribution in [2.45, 2.75) is 169 Å².